The van der Waals surface area contributed by atoms with Crippen LogP contribution in [0.4, 0.5) is 20.2 Å². The second kappa shape index (κ2) is 9.98. The first kappa shape index (κ1) is 22.2. The minimum absolute atomic E-state index is 0.0315. The zero-order valence-electron chi connectivity index (χ0n) is 16.5. The first-order valence-electron chi connectivity index (χ1n) is 9.43. The fraction of sp³-hybridized carbons (Fsp3) is 0.556. The molecule has 0 spiro atoms. The monoisotopic (exact) mass is 430 g/mol. The highest BCUT2D eigenvalue weighted by Gasteiger charge is 2.27. The Morgan fingerprint density at radius 3 is 2.60 bits per heavy atom. The molecule has 12 heteroatoms. The van der Waals surface area contributed by atoms with Crippen molar-refractivity contribution in [3.63, 3.8) is 0 Å². The van der Waals surface area contributed by atoms with Gasteiger partial charge in [-0.05, 0) is 0 Å². The molecule has 0 aromatic heterocycles. The van der Waals surface area contributed by atoms with Crippen molar-refractivity contribution in [2.75, 3.05) is 62.7 Å². The normalized spacial score (nSPS) is 20.1. The van der Waals surface area contributed by atoms with Crippen LogP contribution in [0.15, 0.2) is 12.1 Å². The minimum atomic E-state index is -0.791. The zero-order chi connectivity index (χ0) is 21.7. The lowest BCUT2D eigenvalue weighted by Gasteiger charge is -2.34. The van der Waals surface area contributed by atoms with E-state index in [1.54, 1.807) is 0 Å². The van der Waals surface area contributed by atoms with Crippen molar-refractivity contribution < 1.29 is 37.9 Å². The van der Waals surface area contributed by atoms with E-state index in [0.29, 0.717) is 0 Å². The topological polar surface area (TPSA) is 104 Å². The van der Waals surface area contributed by atoms with Gasteiger partial charge in [-0.3, -0.25) is 14.4 Å². The van der Waals surface area contributed by atoms with E-state index in [0.717, 1.165) is 17.2 Å². The third-order valence-corrected chi connectivity index (χ3v) is 4.66. The molecule has 2 amide bonds. The average Bonchev–Trinajstić information content (AvgIpc) is 2.97. The average molecular weight is 430 g/mol. The Bertz CT molecular complexity index is 760. The zero-order valence-corrected chi connectivity index (χ0v) is 16.5. The summed E-state index contributed by atoms with van der Waals surface area (Å²) >= 11 is 0. The van der Waals surface area contributed by atoms with Crippen molar-refractivity contribution in [2.24, 2.45) is 0 Å². The summed E-state index contributed by atoms with van der Waals surface area (Å²) in [7, 11) is 0. The van der Waals surface area contributed by atoms with Crippen LogP contribution in [0.1, 0.15) is 6.92 Å². The maximum atomic E-state index is 14.8. The number of aliphatic hydroxyl groups is 1. The summed E-state index contributed by atoms with van der Waals surface area (Å²) in [6.07, 6.45) is -0.397. The van der Waals surface area contributed by atoms with Gasteiger partial charge in [-0.25, -0.2) is 23.7 Å². The summed E-state index contributed by atoms with van der Waals surface area (Å²) in [4.78, 5) is 34.6. The molecule has 3 rings (SSSR count). The number of carbonyl (C=O) groups is 2. The summed E-state index contributed by atoms with van der Waals surface area (Å²) in [6, 6.07) is 2.31. The molecule has 2 saturated heterocycles. The van der Waals surface area contributed by atoms with Crippen molar-refractivity contribution in [3.8, 4) is 0 Å². The van der Waals surface area contributed by atoms with Crippen molar-refractivity contribution in [1.29, 1.82) is 0 Å². The number of nitrogens with one attached hydrogen (secondary N) is 1. The maximum Gasteiger partial charge on any atom is 0.271 e. The first-order valence-corrected chi connectivity index (χ1v) is 9.43. The van der Waals surface area contributed by atoms with Crippen LogP contribution in [0.2, 0.25) is 0 Å². The van der Waals surface area contributed by atoms with E-state index >= 15 is 0 Å². The molecule has 0 unspecified atom stereocenters. The molecule has 2 N–H and O–H groups in total. The molecule has 2 heterocycles. The predicted molar refractivity (Wildman–Crippen MR) is 100 cm³/mol. The van der Waals surface area contributed by atoms with Crippen molar-refractivity contribution >= 4 is 23.2 Å². The Balaban J connectivity index is 1.71. The van der Waals surface area contributed by atoms with Gasteiger partial charge >= 0.3 is 0 Å². The molecule has 0 aliphatic carbocycles. The number of ether oxygens (including phenoxy) is 1. The van der Waals surface area contributed by atoms with Gasteiger partial charge in [0.05, 0.1) is 31.5 Å². The Hall–Kier alpha value is -2.54. The van der Waals surface area contributed by atoms with Gasteiger partial charge in [0.2, 0.25) is 5.91 Å². The molecule has 2 fully saturated rings. The molecule has 0 bridgehead atoms. The summed E-state index contributed by atoms with van der Waals surface area (Å²) in [5.41, 5.74) is -0.0586. The van der Waals surface area contributed by atoms with Crippen molar-refractivity contribution in [3.05, 3.63) is 23.8 Å². The van der Waals surface area contributed by atoms with Gasteiger partial charge in [0.25, 0.3) is 5.91 Å². The van der Waals surface area contributed by atoms with Crippen LogP contribution in [0.3, 0.4) is 0 Å². The lowest BCUT2D eigenvalue weighted by atomic mass is 10.2. The minimum Gasteiger partial charge on any atom is -0.386 e. The molecule has 0 saturated carbocycles. The van der Waals surface area contributed by atoms with Crippen LogP contribution in [0, 0.1) is 11.6 Å². The molecular formula is C18H24F2N4O6. The molecule has 2 aliphatic rings. The Morgan fingerprint density at radius 1 is 1.20 bits per heavy atom. The quantitative estimate of drug-likeness (QED) is 0.660. The number of amides is 2. The summed E-state index contributed by atoms with van der Waals surface area (Å²) in [6.45, 7) is 1.35. The predicted octanol–water partition coefficient (Wildman–Crippen LogP) is -0.232. The molecule has 1 aromatic carbocycles. The number of benzene rings is 1. The number of aliphatic hydroxyl groups excluding tert-OH is 1. The number of hydrogen-bond acceptors (Lipinski definition) is 8. The molecule has 30 heavy (non-hydrogen) atoms. The van der Waals surface area contributed by atoms with Gasteiger partial charge in [-0.1, -0.05) is 0 Å². The van der Waals surface area contributed by atoms with Gasteiger partial charge in [0.1, 0.15) is 12.3 Å². The standard InChI is InChI=1S/C18H24F2N4O6/c1-12(26)21-8-14-9-24(30-11-28-14)13-6-15(19)18(16(20)7-13)22-2-3-23(17(27)10-25)29-5-4-22/h6-7,14,25H,2-5,8-11H2,1H3,(H,21,26)/t14-/m0/s1. The number of rotatable bonds is 5. The third kappa shape index (κ3) is 5.33. The molecule has 2 aliphatic heterocycles. The lowest BCUT2D eigenvalue weighted by Crippen LogP contribution is -2.46. The van der Waals surface area contributed by atoms with Crippen LogP contribution >= 0.6 is 0 Å². The highest BCUT2D eigenvalue weighted by atomic mass is 19.1. The summed E-state index contributed by atoms with van der Waals surface area (Å²) in [5, 5.41) is 13.9. The first-order chi connectivity index (χ1) is 14.4. The van der Waals surface area contributed by atoms with E-state index in [1.807, 2.05) is 0 Å². The van der Waals surface area contributed by atoms with E-state index in [9.17, 15) is 18.4 Å². The number of carbonyl (C=O) groups excluding carboxylic acids is 2. The van der Waals surface area contributed by atoms with Gasteiger partial charge in [0, 0.05) is 38.7 Å². The van der Waals surface area contributed by atoms with E-state index < -0.39 is 30.3 Å². The van der Waals surface area contributed by atoms with E-state index in [2.05, 4.69) is 5.32 Å². The summed E-state index contributed by atoms with van der Waals surface area (Å²) < 4.78 is 35.1. The molecule has 0 radical (unpaired) electrons. The highest BCUT2D eigenvalue weighted by molar-refractivity contribution is 5.76. The summed E-state index contributed by atoms with van der Waals surface area (Å²) in [5.74, 6) is -2.41. The largest absolute Gasteiger partial charge is 0.386 e. The van der Waals surface area contributed by atoms with E-state index in [-0.39, 0.29) is 63.4 Å². The van der Waals surface area contributed by atoms with Crippen LogP contribution in [0.5, 0.6) is 0 Å². The van der Waals surface area contributed by atoms with Crippen molar-refractivity contribution in [1.82, 2.24) is 10.4 Å². The number of halogens is 2. The van der Waals surface area contributed by atoms with E-state index in [1.165, 1.54) is 16.9 Å². The molecule has 1 atom stereocenters. The Labute approximate surface area is 171 Å². The third-order valence-electron chi connectivity index (χ3n) is 4.66. The fourth-order valence-electron chi connectivity index (χ4n) is 3.19. The van der Waals surface area contributed by atoms with Gasteiger partial charge < -0.3 is 20.1 Å². The van der Waals surface area contributed by atoms with Crippen LogP contribution in [-0.2, 0) is 24.0 Å². The van der Waals surface area contributed by atoms with Gasteiger partial charge in [0.15, 0.2) is 18.4 Å². The molecule has 1 aromatic rings. The SMILES string of the molecule is CC(=O)NC[C@H]1CN(c2cc(F)c(N3CCON(C(=O)CO)CC3)c(F)c2)OCO1. The molecule has 166 valence electrons. The fourth-order valence-corrected chi connectivity index (χ4v) is 3.19. The number of hydroxylamine groups is 3. The Morgan fingerprint density at radius 2 is 1.93 bits per heavy atom. The smallest absolute Gasteiger partial charge is 0.271 e. The maximum absolute atomic E-state index is 14.8. The number of anilines is 2. The molecule has 10 nitrogen and oxygen atoms in total. The van der Waals surface area contributed by atoms with E-state index in [4.69, 9.17) is 19.5 Å². The highest BCUT2D eigenvalue weighted by Crippen LogP contribution is 2.30. The van der Waals surface area contributed by atoms with Gasteiger partial charge in [-0.2, -0.15) is 0 Å². The van der Waals surface area contributed by atoms with Gasteiger partial charge in [-0.15, -0.1) is 0 Å². The lowest BCUT2D eigenvalue weighted by molar-refractivity contribution is -0.184. The Kier molecular flexibility index (Phi) is 7.37. The van der Waals surface area contributed by atoms with Crippen LogP contribution in [-0.4, -0.2) is 80.8 Å². The second-order valence-corrected chi connectivity index (χ2v) is 6.77. The van der Waals surface area contributed by atoms with Crippen LogP contribution < -0.4 is 15.3 Å². The molecular weight excluding hydrogens is 406 g/mol. The van der Waals surface area contributed by atoms with Crippen LogP contribution in [0.25, 0.3) is 0 Å². The van der Waals surface area contributed by atoms with Crippen molar-refractivity contribution in [2.45, 2.75) is 13.0 Å². The number of nitrogens with zero attached hydrogens (tertiary/aromatic N) is 3. The second-order valence-electron chi connectivity index (χ2n) is 6.77. The number of hydrogen-bond donors (Lipinski definition) is 2.